The standard InChI is InChI=1S/C14H21N5O/c20-14(17-13-9-7-15-8-10(9)13)19-6-2-1-3-12(19)11-4-5-16-18-11/h4-5,9-10,12-13,15H,1-3,6-8H2,(H,16,18)(H,17,20)/t9-,10+,12?,13?. The molecule has 0 radical (unpaired) electrons. The summed E-state index contributed by atoms with van der Waals surface area (Å²) in [5.74, 6) is 1.32. The first kappa shape index (κ1) is 12.2. The molecular weight excluding hydrogens is 254 g/mol. The highest BCUT2D eigenvalue weighted by Gasteiger charge is 2.54. The van der Waals surface area contributed by atoms with Gasteiger partial charge in [0.05, 0.1) is 11.7 Å². The van der Waals surface area contributed by atoms with Gasteiger partial charge in [0.15, 0.2) is 0 Å². The van der Waals surface area contributed by atoms with Crippen molar-refractivity contribution in [2.75, 3.05) is 19.6 Å². The largest absolute Gasteiger partial charge is 0.335 e. The molecule has 1 aromatic rings. The molecule has 1 aliphatic carbocycles. The third-order valence-corrected chi connectivity index (χ3v) is 5.03. The van der Waals surface area contributed by atoms with Crippen LogP contribution in [0.2, 0.25) is 0 Å². The molecule has 3 fully saturated rings. The molecule has 1 saturated carbocycles. The number of hydrogen-bond donors (Lipinski definition) is 3. The van der Waals surface area contributed by atoms with E-state index in [1.54, 1.807) is 6.20 Å². The van der Waals surface area contributed by atoms with Gasteiger partial charge in [0.1, 0.15) is 0 Å². The lowest BCUT2D eigenvalue weighted by molar-refractivity contribution is 0.148. The average Bonchev–Trinajstić information content (AvgIpc) is 2.97. The predicted molar refractivity (Wildman–Crippen MR) is 74.1 cm³/mol. The normalized spacial score (nSPS) is 35.7. The zero-order chi connectivity index (χ0) is 13.5. The molecule has 3 heterocycles. The number of amides is 2. The number of urea groups is 1. The molecular formula is C14H21N5O. The molecule has 3 aliphatic rings. The Kier molecular flexibility index (Phi) is 2.91. The van der Waals surface area contributed by atoms with Gasteiger partial charge in [0.2, 0.25) is 0 Å². The number of rotatable bonds is 2. The molecule has 0 aromatic carbocycles. The minimum Gasteiger partial charge on any atom is -0.335 e. The highest BCUT2D eigenvalue weighted by atomic mass is 16.2. The number of carbonyl (C=O) groups excluding carboxylic acids is 1. The van der Waals surface area contributed by atoms with E-state index in [0.29, 0.717) is 17.9 Å². The van der Waals surface area contributed by atoms with Gasteiger partial charge < -0.3 is 15.5 Å². The van der Waals surface area contributed by atoms with Crippen LogP contribution in [0.1, 0.15) is 31.0 Å². The van der Waals surface area contributed by atoms with E-state index < -0.39 is 0 Å². The van der Waals surface area contributed by atoms with Gasteiger partial charge in [-0.3, -0.25) is 5.10 Å². The molecule has 2 saturated heterocycles. The number of aromatic nitrogens is 2. The van der Waals surface area contributed by atoms with Gasteiger partial charge in [-0.05, 0) is 37.2 Å². The second kappa shape index (κ2) is 4.77. The number of likely N-dealkylation sites (tertiary alicyclic amines) is 1. The third-order valence-electron chi connectivity index (χ3n) is 5.03. The zero-order valence-electron chi connectivity index (χ0n) is 11.5. The first-order valence-corrected chi connectivity index (χ1v) is 7.62. The van der Waals surface area contributed by atoms with E-state index in [2.05, 4.69) is 20.8 Å². The summed E-state index contributed by atoms with van der Waals surface area (Å²) in [5, 5.41) is 13.6. The second-order valence-corrected chi connectivity index (χ2v) is 6.18. The van der Waals surface area contributed by atoms with Crippen molar-refractivity contribution in [1.82, 2.24) is 25.7 Å². The van der Waals surface area contributed by atoms with Gasteiger partial charge in [-0.15, -0.1) is 0 Å². The SMILES string of the molecule is O=C(NC1[C@H]2CNC[C@@H]12)N1CCCCC1c1ccn[nH]1. The Hall–Kier alpha value is -1.56. The average molecular weight is 275 g/mol. The van der Waals surface area contributed by atoms with Crippen molar-refractivity contribution < 1.29 is 4.79 Å². The van der Waals surface area contributed by atoms with Crippen LogP contribution in [0.25, 0.3) is 0 Å². The highest BCUT2D eigenvalue weighted by Crippen LogP contribution is 2.42. The topological polar surface area (TPSA) is 73.1 Å². The van der Waals surface area contributed by atoms with Gasteiger partial charge in [0, 0.05) is 31.9 Å². The molecule has 4 atom stereocenters. The van der Waals surface area contributed by atoms with Crippen LogP contribution in [0.15, 0.2) is 12.3 Å². The number of aromatic amines is 1. The van der Waals surface area contributed by atoms with Crippen molar-refractivity contribution in [1.29, 1.82) is 0 Å². The summed E-state index contributed by atoms with van der Waals surface area (Å²) in [7, 11) is 0. The third kappa shape index (κ3) is 1.98. The maximum absolute atomic E-state index is 12.5. The van der Waals surface area contributed by atoms with Gasteiger partial charge >= 0.3 is 6.03 Å². The van der Waals surface area contributed by atoms with Crippen LogP contribution >= 0.6 is 0 Å². The number of H-pyrrole nitrogens is 1. The fraction of sp³-hybridized carbons (Fsp3) is 0.714. The van der Waals surface area contributed by atoms with Gasteiger partial charge in [-0.1, -0.05) is 0 Å². The summed E-state index contributed by atoms with van der Waals surface area (Å²) in [6.45, 7) is 2.95. The van der Waals surface area contributed by atoms with Gasteiger partial charge in [0.25, 0.3) is 0 Å². The molecule has 2 unspecified atom stereocenters. The fourth-order valence-electron chi connectivity index (χ4n) is 3.81. The number of fused-ring (bicyclic) bond motifs is 1. The Bertz CT molecular complexity index is 478. The van der Waals surface area contributed by atoms with E-state index in [0.717, 1.165) is 38.2 Å². The molecule has 3 N–H and O–H groups in total. The van der Waals surface area contributed by atoms with Crippen LogP contribution < -0.4 is 10.6 Å². The lowest BCUT2D eigenvalue weighted by Gasteiger charge is -2.35. The van der Waals surface area contributed by atoms with Crippen LogP contribution in [0.4, 0.5) is 4.79 Å². The lowest BCUT2D eigenvalue weighted by Crippen LogP contribution is -2.46. The first-order valence-electron chi connectivity index (χ1n) is 7.62. The Morgan fingerprint density at radius 2 is 2.20 bits per heavy atom. The van der Waals surface area contributed by atoms with Crippen LogP contribution in [0.3, 0.4) is 0 Å². The lowest BCUT2D eigenvalue weighted by atomic mass is 10.00. The van der Waals surface area contributed by atoms with Crippen LogP contribution in [-0.4, -0.2) is 46.8 Å². The molecule has 4 rings (SSSR count). The number of carbonyl (C=O) groups is 1. The van der Waals surface area contributed by atoms with Crippen molar-refractivity contribution >= 4 is 6.03 Å². The zero-order valence-corrected chi connectivity index (χ0v) is 11.5. The maximum Gasteiger partial charge on any atom is 0.318 e. The van der Waals surface area contributed by atoms with Crippen molar-refractivity contribution in [2.24, 2.45) is 11.8 Å². The smallest absolute Gasteiger partial charge is 0.318 e. The van der Waals surface area contributed by atoms with Crippen LogP contribution in [0, 0.1) is 11.8 Å². The molecule has 6 heteroatoms. The van der Waals surface area contributed by atoms with Crippen LogP contribution in [-0.2, 0) is 0 Å². The summed E-state index contributed by atoms with van der Waals surface area (Å²) in [5.41, 5.74) is 1.05. The fourth-order valence-corrected chi connectivity index (χ4v) is 3.81. The molecule has 0 spiro atoms. The summed E-state index contributed by atoms with van der Waals surface area (Å²) >= 11 is 0. The highest BCUT2D eigenvalue weighted by molar-refractivity contribution is 5.75. The maximum atomic E-state index is 12.5. The van der Waals surface area contributed by atoms with Crippen molar-refractivity contribution in [3.05, 3.63) is 18.0 Å². The Balaban J connectivity index is 1.43. The van der Waals surface area contributed by atoms with Crippen molar-refractivity contribution in [3.8, 4) is 0 Å². The number of nitrogens with zero attached hydrogens (tertiary/aromatic N) is 2. The first-order chi connectivity index (χ1) is 9.84. The predicted octanol–water partition coefficient (Wildman–Crippen LogP) is 0.864. The Labute approximate surface area is 118 Å². The van der Waals surface area contributed by atoms with E-state index in [9.17, 15) is 4.79 Å². The molecule has 0 bridgehead atoms. The summed E-state index contributed by atoms with van der Waals surface area (Å²) in [4.78, 5) is 14.5. The van der Waals surface area contributed by atoms with Crippen molar-refractivity contribution in [3.63, 3.8) is 0 Å². The van der Waals surface area contributed by atoms with Crippen LogP contribution in [0.5, 0.6) is 0 Å². The van der Waals surface area contributed by atoms with E-state index in [4.69, 9.17) is 0 Å². The number of piperidine rings is 2. The second-order valence-electron chi connectivity index (χ2n) is 6.18. The Morgan fingerprint density at radius 1 is 1.35 bits per heavy atom. The quantitative estimate of drug-likeness (QED) is 0.749. The van der Waals surface area contributed by atoms with E-state index >= 15 is 0 Å². The minimum absolute atomic E-state index is 0.101. The summed E-state index contributed by atoms with van der Waals surface area (Å²) in [6, 6.07) is 2.63. The molecule has 1 aromatic heterocycles. The van der Waals surface area contributed by atoms with E-state index in [1.807, 2.05) is 11.0 Å². The Morgan fingerprint density at radius 3 is 2.95 bits per heavy atom. The number of nitrogens with one attached hydrogen (secondary N) is 3. The monoisotopic (exact) mass is 275 g/mol. The molecule has 6 nitrogen and oxygen atoms in total. The molecule has 108 valence electrons. The summed E-state index contributed by atoms with van der Waals surface area (Å²) in [6.07, 6.45) is 5.05. The van der Waals surface area contributed by atoms with E-state index in [-0.39, 0.29) is 12.1 Å². The van der Waals surface area contributed by atoms with Gasteiger partial charge in [-0.2, -0.15) is 5.10 Å². The van der Waals surface area contributed by atoms with Gasteiger partial charge in [-0.25, -0.2) is 4.79 Å². The minimum atomic E-state index is 0.101. The molecule has 20 heavy (non-hydrogen) atoms. The molecule has 2 aliphatic heterocycles. The number of hydrogen-bond acceptors (Lipinski definition) is 3. The summed E-state index contributed by atoms with van der Waals surface area (Å²) < 4.78 is 0. The van der Waals surface area contributed by atoms with Crippen molar-refractivity contribution in [2.45, 2.75) is 31.3 Å². The van der Waals surface area contributed by atoms with E-state index in [1.165, 1.54) is 6.42 Å². The molecule has 2 amide bonds.